The third-order valence-corrected chi connectivity index (χ3v) is 3.10. The lowest BCUT2D eigenvalue weighted by Gasteiger charge is -1.99. The lowest BCUT2D eigenvalue weighted by molar-refractivity contribution is -0.131. The molecule has 0 radical (unpaired) electrons. The van der Waals surface area contributed by atoms with Crippen molar-refractivity contribution in [3.63, 3.8) is 0 Å². The fourth-order valence-electron chi connectivity index (χ4n) is 1.39. The fourth-order valence-corrected chi connectivity index (χ4v) is 2.17. The van der Waals surface area contributed by atoms with E-state index in [0.29, 0.717) is 16.1 Å². The quantitative estimate of drug-likeness (QED) is 0.838. The Bertz CT molecular complexity index is 642. The van der Waals surface area contributed by atoms with Crippen molar-refractivity contribution in [2.75, 3.05) is 5.32 Å². The van der Waals surface area contributed by atoms with Gasteiger partial charge in [0.2, 0.25) is 5.88 Å². The molecule has 0 saturated heterocycles. The van der Waals surface area contributed by atoms with E-state index in [2.05, 4.69) is 10.5 Å². The molecule has 0 aromatic carbocycles. The first kappa shape index (κ1) is 13.0. The molecule has 2 aromatic rings. The predicted molar refractivity (Wildman–Crippen MR) is 70.2 cm³/mol. The van der Waals surface area contributed by atoms with Gasteiger partial charge in [0.05, 0.1) is 10.6 Å². The first-order valence-corrected chi connectivity index (χ1v) is 6.17. The highest BCUT2D eigenvalue weighted by molar-refractivity contribution is 7.12. The highest BCUT2D eigenvalue weighted by Crippen LogP contribution is 2.20. The molecule has 98 valence electrons. The lowest BCUT2D eigenvalue weighted by Crippen LogP contribution is -2.10. The van der Waals surface area contributed by atoms with Gasteiger partial charge in [-0.1, -0.05) is 5.16 Å². The molecule has 0 aliphatic heterocycles. The Morgan fingerprint density at radius 3 is 2.95 bits per heavy atom. The van der Waals surface area contributed by atoms with E-state index in [0.717, 1.165) is 6.08 Å². The van der Waals surface area contributed by atoms with Crippen molar-refractivity contribution < 1.29 is 19.2 Å². The van der Waals surface area contributed by atoms with Gasteiger partial charge in [-0.05, 0) is 30.0 Å². The minimum absolute atomic E-state index is 0.254. The Hall–Kier alpha value is -2.41. The Morgan fingerprint density at radius 2 is 2.32 bits per heavy atom. The van der Waals surface area contributed by atoms with Crippen LogP contribution in [0.4, 0.5) is 5.88 Å². The zero-order valence-corrected chi connectivity index (χ0v) is 10.7. The molecule has 0 aliphatic rings. The highest BCUT2D eigenvalue weighted by Gasteiger charge is 2.13. The van der Waals surface area contributed by atoms with Crippen LogP contribution in [0, 0.1) is 6.92 Å². The van der Waals surface area contributed by atoms with E-state index in [1.807, 2.05) is 0 Å². The van der Waals surface area contributed by atoms with Crippen molar-refractivity contribution in [3.05, 3.63) is 39.7 Å². The number of hydrogen-bond donors (Lipinski definition) is 2. The smallest absolute Gasteiger partial charge is 0.328 e. The van der Waals surface area contributed by atoms with Crippen LogP contribution in [-0.4, -0.2) is 22.1 Å². The van der Waals surface area contributed by atoms with Crippen LogP contribution in [0.5, 0.6) is 0 Å². The summed E-state index contributed by atoms with van der Waals surface area (Å²) in [5, 5.41) is 16.5. The second-order valence-corrected chi connectivity index (χ2v) is 4.58. The third-order valence-electron chi connectivity index (χ3n) is 2.17. The molecule has 0 aliphatic carbocycles. The highest BCUT2D eigenvalue weighted by atomic mass is 32.1. The van der Waals surface area contributed by atoms with Crippen LogP contribution in [0.3, 0.4) is 0 Å². The number of anilines is 1. The van der Waals surface area contributed by atoms with E-state index in [4.69, 9.17) is 9.63 Å². The van der Waals surface area contributed by atoms with E-state index in [1.54, 1.807) is 24.4 Å². The number of nitrogens with zero attached hydrogens (tertiary/aromatic N) is 1. The van der Waals surface area contributed by atoms with Crippen LogP contribution >= 0.6 is 11.3 Å². The van der Waals surface area contributed by atoms with E-state index >= 15 is 0 Å². The number of carboxylic acids is 1. The topological polar surface area (TPSA) is 92.4 Å². The molecule has 2 heterocycles. The van der Waals surface area contributed by atoms with Gasteiger partial charge < -0.3 is 9.63 Å². The van der Waals surface area contributed by atoms with E-state index in [1.165, 1.54) is 17.4 Å². The summed E-state index contributed by atoms with van der Waals surface area (Å²) in [7, 11) is 0. The first-order chi connectivity index (χ1) is 9.06. The molecule has 0 spiro atoms. The maximum Gasteiger partial charge on any atom is 0.328 e. The SMILES string of the molecule is Cc1cc(NC(=O)c2sccc2/C=C/C(=O)O)on1. The molecule has 19 heavy (non-hydrogen) atoms. The summed E-state index contributed by atoms with van der Waals surface area (Å²) in [5.41, 5.74) is 1.20. The number of aliphatic carboxylic acids is 1. The first-order valence-electron chi connectivity index (χ1n) is 5.29. The van der Waals surface area contributed by atoms with Gasteiger partial charge in [0.1, 0.15) is 0 Å². The Labute approximate surface area is 112 Å². The Morgan fingerprint density at radius 1 is 1.53 bits per heavy atom. The largest absolute Gasteiger partial charge is 0.478 e. The summed E-state index contributed by atoms with van der Waals surface area (Å²) in [6, 6.07) is 3.27. The number of aryl methyl sites for hydroxylation is 1. The van der Waals surface area contributed by atoms with Crippen molar-refractivity contribution in [1.82, 2.24) is 5.16 Å². The van der Waals surface area contributed by atoms with Crippen LogP contribution in [-0.2, 0) is 4.79 Å². The molecule has 2 aromatic heterocycles. The number of aromatic nitrogens is 1. The molecule has 6 nitrogen and oxygen atoms in total. The van der Waals surface area contributed by atoms with Crippen molar-refractivity contribution in [1.29, 1.82) is 0 Å². The van der Waals surface area contributed by atoms with Gasteiger partial charge in [-0.15, -0.1) is 11.3 Å². The van der Waals surface area contributed by atoms with Gasteiger partial charge in [-0.3, -0.25) is 10.1 Å². The van der Waals surface area contributed by atoms with Gasteiger partial charge in [-0.25, -0.2) is 4.79 Å². The molecule has 0 bridgehead atoms. The average molecular weight is 278 g/mol. The van der Waals surface area contributed by atoms with Crippen molar-refractivity contribution in [2.45, 2.75) is 6.92 Å². The lowest BCUT2D eigenvalue weighted by atomic mass is 10.2. The van der Waals surface area contributed by atoms with E-state index < -0.39 is 5.97 Å². The van der Waals surface area contributed by atoms with Gasteiger partial charge in [0.25, 0.3) is 5.91 Å². The molecule has 0 saturated carbocycles. The third kappa shape index (κ3) is 3.29. The van der Waals surface area contributed by atoms with Crippen LogP contribution in [0.25, 0.3) is 6.08 Å². The molecular formula is C12H10N2O4S. The zero-order valence-electron chi connectivity index (χ0n) is 9.91. The number of thiophene rings is 1. The Kier molecular flexibility index (Phi) is 3.76. The van der Waals surface area contributed by atoms with Crippen LogP contribution in [0.15, 0.2) is 28.1 Å². The molecular weight excluding hydrogens is 268 g/mol. The summed E-state index contributed by atoms with van der Waals surface area (Å²) in [5.74, 6) is -1.18. The maximum absolute atomic E-state index is 12.0. The maximum atomic E-state index is 12.0. The molecule has 2 rings (SSSR count). The van der Waals surface area contributed by atoms with E-state index in [9.17, 15) is 9.59 Å². The number of nitrogens with one attached hydrogen (secondary N) is 1. The second-order valence-electron chi connectivity index (χ2n) is 3.66. The minimum atomic E-state index is -1.07. The average Bonchev–Trinajstić information content (AvgIpc) is 2.95. The van der Waals surface area contributed by atoms with Gasteiger partial charge in [0, 0.05) is 12.1 Å². The fraction of sp³-hybridized carbons (Fsp3) is 0.0833. The molecule has 0 unspecified atom stereocenters. The Balaban J connectivity index is 2.15. The van der Waals surface area contributed by atoms with Crippen molar-refractivity contribution in [3.8, 4) is 0 Å². The normalized spacial score (nSPS) is 10.8. The van der Waals surface area contributed by atoms with Crippen molar-refractivity contribution >= 4 is 35.2 Å². The van der Waals surface area contributed by atoms with Gasteiger partial charge in [0.15, 0.2) is 0 Å². The minimum Gasteiger partial charge on any atom is -0.478 e. The van der Waals surface area contributed by atoms with Gasteiger partial charge >= 0.3 is 5.97 Å². The summed E-state index contributed by atoms with van der Waals surface area (Å²) in [6.45, 7) is 1.74. The molecule has 1 amide bonds. The molecule has 2 N–H and O–H groups in total. The monoisotopic (exact) mass is 278 g/mol. The number of carbonyl (C=O) groups is 2. The number of carbonyl (C=O) groups excluding carboxylic acids is 1. The van der Waals surface area contributed by atoms with Crippen LogP contribution in [0.1, 0.15) is 20.9 Å². The van der Waals surface area contributed by atoms with Crippen LogP contribution < -0.4 is 5.32 Å². The second kappa shape index (κ2) is 5.49. The van der Waals surface area contributed by atoms with Crippen molar-refractivity contribution in [2.24, 2.45) is 0 Å². The number of hydrogen-bond acceptors (Lipinski definition) is 5. The predicted octanol–water partition coefficient (Wildman–Crippen LogP) is 2.39. The summed E-state index contributed by atoms with van der Waals surface area (Å²) >= 11 is 1.22. The molecule has 0 atom stereocenters. The zero-order chi connectivity index (χ0) is 13.8. The summed E-state index contributed by atoms with van der Waals surface area (Å²) < 4.78 is 4.88. The molecule has 7 heteroatoms. The molecule has 0 fully saturated rings. The van der Waals surface area contributed by atoms with E-state index in [-0.39, 0.29) is 11.8 Å². The van der Waals surface area contributed by atoms with Crippen LogP contribution in [0.2, 0.25) is 0 Å². The summed E-state index contributed by atoms with van der Waals surface area (Å²) in [6.07, 6.45) is 2.36. The standard InChI is InChI=1S/C12H10N2O4S/c1-7-6-9(18-14-7)13-12(17)11-8(4-5-19-11)2-3-10(15)16/h2-6H,1H3,(H,13,17)(H,15,16)/b3-2+. The number of carboxylic acid groups (broad SMARTS) is 1. The summed E-state index contributed by atoms with van der Waals surface area (Å²) in [4.78, 5) is 22.9. The van der Waals surface area contributed by atoms with Gasteiger partial charge in [-0.2, -0.15) is 0 Å². The number of amides is 1. The number of rotatable bonds is 4.